The molecule has 0 fully saturated rings. The van der Waals surface area contributed by atoms with Gasteiger partial charge in [-0.3, -0.25) is 4.79 Å². The van der Waals surface area contributed by atoms with Gasteiger partial charge in [0.25, 0.3) is 6.17 Å². The highest BCUT2D eigenvalue weighted by Crippen LogP contribution is 2.39. The van der Waals surface area contributed by atoms with Gasteiger partial charge in [-0.05, 0) is 12.8 Å². The van der Waals surface area contributed by atoms with Gasteiger partial charge in [-0.2, -0.15) is 22.0 Å². The number of carbonyl (C=O) groups excluding carboxylic acids is 1. The molecule has 0 aliphatic carbocycles. The maximum atomic E-state index is 13.0. The molecule has 11 heteroatoms. The number of esters is 1. The van der Waals surface area contributed by atoms with E-state index in [-0.39, 0.29) is 19.3 Å². The van der Waals surface area contributed by atoms with Gasteiger partial charge in [-0.25, -0.2) is 12.8 Å². The summed E-state index contributed by atoms with van der Waals surface area (Å²) < 4.78 is 101. The lowest BCUT2D eigenvalue weighted by Crippen LogP contribution is -2.48. The Labute approximate surface area is 117 Å². The number of methoxy groups -OCH3 is 1. The van der Waals surface area contributed by atoms with E-state index in [4.69, 9.17) is 0 Å². The molecule has 0 rings (SSSR count). The van der Waals surface area contributed by atoms with E-state index in [9.17, 15) is 39.6 Å². The average Bonchev–Trinajstić information content (AvgIpc) is 2.35. The van der Waals surface area contributed by atoms with Gasteiger partial charge in [0.05, 0.1) is 12.9 Å². The van der Waals surface area contributed by atoms with Crippen molar-refractivity contribution in [2.24, 2.45) is 0 Å². The van der Waals surface area contributed by atoms with Gasteiger partial charge in [-0.15, -0.1) is 0 Å². The number of rotatable bonds is 8. The zero-order valence-corrected chi connectivity index (χ0v) is 11.7. The Morgan fingerprint density at radius 1 is 1.10 bits per heavy atom. The topological polar surface area (TPSA) is 60.4 Å². The number of unbranched alkanes of at least 4 members (excludes halogenated alkanes) is 2. The quantitative estimate of drug-likeness (QED) is 0.386. The van der Waals surface area contributed by atoms with Gasteiger partial charge in [0, 0.05) is 6.42 Å². The summed E-state index contributed by atoms with van der Waals surface area (Å²) in [6.45, 7) is 0. The SMILES string of the molecule is COC(=O)CCCCCS(=O)(=O)C(F)(F)C(F)C(F)(F)F. The summed E-state index contributed by atoms with van der Waals surface area (Å²) in [6.07, 6.45) is -11.1. The van der Waals surface area contributed by atoms with E-state index in [0.717, 1.165) is 7.11 Å². The predicted octanol–water partition coefficient (Wildman–Crippen LogP) is 2.63. The molecule has 0 aliphatic heterocycles. The summed E-state index contributed by atoms with van der Waals surface area (Å²) in [5.41, 5.74) is 0. The molecular formula is C10H14F6O4S. The van der Waals surface area contributed by atoms with E-state index in [0.29, 0.717) is 0 Å². The van der Waals surface area contributed by atoms with Gasteiger partial charge in [-0.1, -0.05) is 6.42 Å². The Morgan fingerprint density at radius 3 is 2.05 bits per heavy atom. The molecule has 0 bridgehead atoms. The minimum Gasteiger partial charge on any atom is -0.469 e. The largest absolute Gasteiger partial charge is 0.469 e. The fourth-order valence-corrected chi connectivity index (χ4v) is 2.63. The van der Waals surface area contributed by atoms with Crippen molar-refractivity contribution in [1.29, 1.82) is 0 Å². The lowest BCUT2D eigenvalue weighted by atomic mass is 10.2. The third-order valence-electron chi connectivity index (χ3n) is 2.52. The first-order chi connectivity index (χ1) is 9.36. The van der Waals surface area contributed by atoms with E-state index >= 15 is 0 Å². The van der Waals surface area contributed by atoms with E-state index in [2.05, 4.69) is 4.74 Å². The molecule has 1 unspecified atom stereocenters. The molecule has 126 valence electrons. The highest BCUT2D eigenvalue weighted by molar-refractivity contribution is 7.92. The summed E-state index contributed by atoms with van der Waals surface area (Å²) in [7, 11) is -4.48. The van der Waals surface area contributed by atoms with Crippen molar-refractivity contribution < 1.29 is 44.3 Å². The van der Waals surface area contributed by atoms with Crippen molar-refractivity contribution in [1.82, 2.24) is 0 Å². The number of halogens is 6. The van der Waals surface area contributed by atoms with Gasteiger partial charge < -0.3 is 4.74 Å². The highest BCUT2D eigenvalue weighted by Gasteiger charge is 2.63. The molecule has 1 atom stereocenters. The average molecular weight is 344 g/mol. The van der Waals surface area contributed by atoms with E-state index in [1.54, 1.807) is 0 Å². The molecular weight excluding hydrogens is 330 g/mol. The van der Waals surface area contributed by atoms with Crippen molar-refractivity contribution in [3.8, 4) is 0 Å². The lowest BCUT2D eigenvalue weighted by Gasteiger charge is -2.22. The molecule has 0 aromatic heterocycles. The van der Waals surface area contributed by atoms with Crippen LogP contribution < -0.4 is 0 Å². The fourth-order valence-electron chi connectivity index (χ4n) is 1.32. The second kappa shape index (κ2) is 7.32. The van der Waals surface area contributed by atoms with Gasteiger partial charge >= 0.3 is 17.4 Å². The summed E-state index contributed by atoms with van der Waals surface area (Å²) in [4.78, 5) is 10.7. The molecule has 0 aromatic carbocycles. The maximum Gasteiger partial charge on any atom is 0.426 e. The van der Waals surface area contributed by atoms with Crippen LogP contribution in [0.25, 0.3) is 0 Å². The second-order valence-electron chi connectivity index (χ2n) is 4.17. The molecule has 4 nitrogen and oxygen atoms in total. The Hall–Kier alpha value is -1.00. The Bertz CT molecular complexity index is 445. The number of sulfone groups is 1. The molecule has 0 spiro atoms. The van der Waals surface area contributed by atoms with Gasteiger partial charge in [0.1, 0.15) is 0 Å². The smallest absolute Gasteiger partial charge is 0.426 e. The van der Waals surface area contributed by atoms with Crippen LogP contribution in [-0.4, -0.2) is 44.9 Å². The van der Waals surface area contributed by atoms with Gasteiger partial charge in [0.15, 0.2) is 0 Å². The Kier molecular flexibility index (Phi) is 6.97. The number of alkyl halides is 6. The zero-order valence-electron chi connectivity index (χ0n) is 10.9. The van der Waals surface area contributed by atoms with Crippen molar-refractivity contribution in [3.05, 3.63) is 0 Å². The molecule has 0 saturated heterocycles. The third-order valence-corrected chi connectivity index (χ3v) is 4.38. The predicted molar refractivity (Wildman–Crippen MR) is 60.2 cm³/mol. The second-order valence-corrected chi connectivity index (χ2v) is 6.35. The van der Waals surface area contributed by atoms with E-state index in [1.807, 2.05) is 0 Å². The molecule has 0 aromatic rings. The van der Waals surface area contributed by atoms with Crippen LogP contribution in [0, 0.1) is 0 Å². The van der Waals surface area contributed by atoms with E-state index < -0.39 is 45.6 Å². The van der Waals surface area contributed by atoms with Crippen LogP contribution >= 0.6 is 0 Å². The van der Waals surface area contributed by atoms with Gasteiger partial charge in [0.2, 0.25) is 9.84 Å². The van der Waals surface area contributed by atoms with Crippen LogP contribution in [0.4, 0.5) is 26.3 Å². The first-order valence-corrected chi connectivity index (χ1v) is 7.39. The van der Waals surface area contributed by atoms with Crippen LogP contribution in [0.1, 0.15) is 25.7 Å². The van der Waals surface area contributed by atoms with Crippen LogP contribution in [0.2, 0.25) is 0 Å². The van der Waals surface area contributed by atoms with Crippen LogP contribution in [0.3, 0.4) is 0 Å². The van der Waals surface area contributed by atoms with Crippen molar-refractivity contribution in [2.75, 3.05) is 12.9 Å². The maximum absolute atomic E-state index is 13.0. The third kappa shape index (κ3) is 5.71. The van der Waals surface area contributed by atoms with Crippen molar-refractivity contribution >= 4 is 15.8 Å². The summed E-state index contributed by atoms with van der Waals surface area (Å²) >= 11 is 0. The molecule has 0 N–H and O–H groups in total. The normalized spacial score (nSPS) is 14.8. The molecule has 0 amide bonds. The van der Waals surface area contributed by atoms with Crippen LogP contribution in [0.15, 0.2) is 0 Å². The van der Waals surface area contributed by atoms with Crippen molar-refractivity contribution in [3.63, 3.8) is 0 Å². The molecule has 0 aliphatic rings. The summed E-state index contributed by atoms with van der Waals surface area (Å²) in [5, 5.41) is -5.53. The first kappa shape index (κ1) is 20.0. The van der Waals surface area contributed by atoms with Crippen LogP contribution in [0.5, 0.6) is 0 Å². The lowest BCUT2D eigenvalue weighted by molar-refractivity contribution is -0.221. The standard InChI is InChI=1S/C10H14F6O4S/c1-20-7(17)5-3-2-4-6-21(18,19)10(15,16)8(11)9(12,13)14/h8H,2-6H2,1H3. The van der Waals surface area contributed by atoms with E-state index in [1.165, 1.54) is 0 Å². The first-order valence-electron chi connectivity index (χ1n) is 5.74. The number of ether oxygens (including phenoxy) is 1. The Morgan fingerprint density at radius 2 is 1.62 bits per heavy atom. The number of hydrogen-bond donors (Lipinski definition) is 0. The molecule has 0 radical (unpaired) electrons. The Balaban J connectivity index is 4.52. The van der Waals surface area contributed by atoms with Crippen molar-refractivity contribution in [2.45, 2.75) is 43.3 Å². The summed E-state index contributed by atoms with van der Waals surface area (Å²) in [5.74, 6) is -1.90. The monoisotopic (exact) mass is 344 g/mol. The molecule has 0 saturated carbocycles. The number of carbonyl (C=O) groups is 1. The van der Waals surface area contributed by atoms with Crippen LogP contribution in [-0.2, 0) is 19.4 Å². The minimum absolute atomic E-state index is 0.00657. The number of hydrogen-bond acceptors (Lipinski definition) is 4. The molecule has 21 heavy (non-hydrogen) atoms. The molecule has 0 heterocycles. The summed E-state index contributed by atoms with van der Waals surface area (Å²) in [6, 6.07) is 0. The fraction of sp³-hybridized carbons (Fsp3) is 0.900. The minimum atomic E-state index is -5.97. The zero-order chi connectivity index (χ0) is 16.9. The highest BCUT2D eigenvalue weighted by atomic mass is 32.2.